The van der Waals surface area contributed by atoms with Gasteiger partial charge in [0.15, 0.2) is 5.65 Å². The Labute approximate surface area is 140 Å². The van der Waals surface area contributed by atoms with E-state index in [0.29, 0.717) is 6.04 Å². The summed E-state index contributed by atoms with van der Waals surface area (Å²) in [6.45, 7) is 3.07. The van der Waals surface area contributed by atoms with E-state index in [-0.39, 0.29) is 0 Å². The number of likely N-dealkylation sites (tertiary alicyclic amines) is 1. The summed E-state index contributed by atoms with van der Waals surface area (Å²) in [5.74, 6) is 0. The van der Waals surface area contributed by atoms with Crippen molar-refractivity contribution in [3.05, 3.63) is 59.5 Å². The first-order valence-corrected chi connectivity index (χ1v) is 8.42. The number of imidazole rings is 1. The van der Waals surface area contributed by atoms with E-state index in [4.69, 9.17) is 11.6 Å². The maximum Gasteiger partial charge on any atom is 0.160 e. The summed E-state index contributed by atoms with van der Waals surface area (Å²) in [7, 11) is 0. The molecular weight excluding hydrogens is 308 g/mol. The van der Waals surface area contributed by atoms with Crippen LogP contribution in [0.15, 0.2) is 48.9 Å². The molecule has 118 valence electrons. The molecule has 1 aromatic carbocycles. The summed E-state index contributed by atoms with van der Waals surface area (Å²) < 4.78 is 2.24. The van der Waals surface area contributed by atoms with Gasteiger partial charge in [0.1, 0.15) is 5.52 Å². The lowest BCUT2D eigenvalue weighted by molar-refractivity contribution is 0.181. The summed E-state index contributed by atoms with van der Waals surface area (Å²) in [5, 5.41) is 0.861. The minimum atomic E-state index is 0.484. The fourth-order valence-corrected chi connectivity index (χ4v) is 3.55. The zero-order chi connectivity index (χ0) is 15.6. The number of hydrogen-bond acceptors (Lipinski definition) is 3. The predicted molar refractivity (Wildman–Crippen MR) is 92.5 cm³/mol. The van der Waals surface area contributed by atoms with E-state index < -0.39 is 0 Å². The molecule has 4 nitrogen and oxygen atoms in total. The summed E-state index contributed by atoms with van der Waals surface area (Å²) in [6, 6.07) is 12.6. The Morgan fingerprint density at radius 3 is 2.70 bits per heavy atom. The van der Waals surface area contributed by atoms with E-state index in [1.54, 1.807) is 0 Å². The Morgan fingerprint density at radius 2 is 1.87 bits per heavy atom. The van der Waals surface area contributed by atoms with Gasteiger partial charge in [0.25, 0.3) is 0 Å². The Hall–Kier alpha value is -1.91. The van der Waals surface area contributed by atoms with Crippen LogP contribution >= 0.6 is 11.6 Å². The predicted octanol–water partition coefficient (Wildman–Crippen LogP) is 3.92. The third kappa shape index (κ3) is 2.96. The molecule has 0 saturated carbocycles. The highest BCUT2D eigenvalue weighted by molar-refractivity contribution is 6.31. The zero-order valence-electron chi connectivity index (χ0n) is 12.9. The maximum atomic E-state index is 6.27. The van der Waals surface area contributed by atoms with Crippen molar-refractivity contribution < 1.29 is 0 Å². The van der Waals surface area contributed by atoms with E-state index in [9.17, 15) is 0 Å². The van der Waals surface area contributed by atoms with E-state index in [1.807, 2.05) is 36.8 Å². The maximum absolute atomic E-state index is 6.27. The molecule has 0 atom stereocenters. The first-order chi connectivity index (χ1) is 11.3. The van der Waals surface area contributed by atoms with Crippen LogP contribution in [0.1, 0.15) is 24.4 Å². The quantitative estimate of drug-likeness (QED) is 0.731. The second kappa shape index (κ2) is 6.30. The Morgan fingerprint density at radius 1 is 1.04 bits per heavy atom. The molecule has 2 aromatic heterocycles. The van der Waals surface area contributed by atoms with Crippen LogP contribution < -0.4 is 0 Å². The number of aromatic nitrogens is 3. The van der Waals surface area contributed by atoms with Gasteiger partial charge in [-0.1, -0.05) is 29.8 Å². The fraction of sp³-hybridized carbons (Fsp3) is 0.333. The molecule has 3 aromatic rings. The van der Waals surface area contributed by atoms with Crippen molar-refractivity contribution in [2.24, 2.45) is 0 Å². The highest BCUT2D eigenvalue weighted by Gasteiger charge is 2.22. The van der Waals surface area contributed by atoms with E-state index in [0.717, 1.165) is 48.7 Å². The summed E-state index contributed by atoms with van der Waals surface area (Å²) in [5.41, 5.74) is 3.19. The number of benzene rings is 1. The summed E-state index contributed by atoms with van der Waals surface area (Å²) in [6.07, 6.45) is 6.01. The van der Waals surface area contributed by atoms with Gasteiger partial charge in [0, 0.05) is 36.9 Å². The lowest BCUT2D eigenvalue weighted by atomic mass is 10.0. The lowest BCUT2D eigenvalue weighted by Crippen LogP contribution is -2.34. The second-order valence-electron chi connectivity index (χ2n) is 6.10. The molecule has 1 saturated heterocycles. The molecule has 0 radical (unpaired) electrons. The van der Waals surface area contributed by atoms with Gasteiger partial charge in [0.2, 0.25) is 0 Å². The number of fused-ring (bicyclic) bond motifs is 1. The minimum absolute atomic E-state index is 0.484. The van der Waals surface area contributed by atoms with Gasteiger partial charge in [-0.25, -0.2) is 9.97 Å². The number of rotatable bonds is 3. The average molecular weight is 327 g/mol. The summed E-state index contributed by atoms with van der Waals surface area (Å²) in [4.78, 5) is 11.4. The highest BCUT2D eigenvalue weighted by Crippen LogP contribution is 2.27. The second-order valence-corrected chi connectivity index (χ2v) is 6.50. The zero-order valence-corrected chi connectivity index (χ0v) is 13.7. The van der Waals surface area contributed by atoms with E-state index >= 15 is 0 Å². The molecule has 3 heterocycles. The largest absolute Gasteiger partial charge is 0.312 e. The van der Waals surface area contributed by atoms with Crippen molar-refractivity contribution in [3.8, 4) is 0 Å². The van der Waals surface area contributed by atoms with Crippen molar-refractivity contribution in [2.45, 2.75) is 25.4 Å². The number of halogens is 1. The first-order valence-electron chi connectivity index (χ1n) is 8.04. The molecule has 0 aliphatic carbocycles. The summed E-state index contributed by atoms with van der Waals surface area (Å²) >= 11 is 6.27. The van der Waals surface area contributed by atoms with Gasteiger partial charge in [0.05, 0.1) is 6.33 Å². The van der Waals surface area contributed by atoms with Gasteiger partial charge < -0.3 is 4.57 Å². The number of pyridine rings is 1. The van der Waals surface area contributed by atoms with Crippen LogP contribution in [0.5, 0.6) is 0 Å². The van der Waals surface area contributed by atoms with Crippen molar-refractivity contribution in [3.63, 3.8) is 0 Å². The van der Waals surface area contributed by atoms with E-state index in [1.165, 1.54) is 5.56 Å². The highest BCUT2D eigenvalue weighted by atomic mass is 35.5. The SMILES string of the molecule is Clc1ccccc1CN1CCC(n2cnc3cccnc32)CC1. The molecule has 5 heteroatoms. The lowest BCUT2D eigenvalue weighted by Gasteiger charge is -2.32. The van der Waals surface area contributed by atoms with Gasteiger partial charge >= 0.3 is 0 Å². The molecule has 23 heavy (non-hydrogen) atoms. The van der Waals surface area contributed by atoms with Crippen LogP contribution in [-0.4, -0.2) is 32.5 Å². The Kier molecular flexibility index (Phi) is 4.02. The molecule has 0 spiro atoms. The Bertz CT molecular complexity index is 805. The molecule has 1 fully saturated rings. The topological polar surface area (TPSA) is 34.0 Å². The van der Waals surface area contributed by atoms with Crippen LogP contribution in [-0.2, 0) is 6.54 Å². The van der Waals surface area contributed by atoms with Gasteiger partial charge in [-0.05, 0) is 36.6 Å². The molecule has 0 N–H and O–H groups in total. The van der Waals surface area contributed by atoms with Crippen molar-refractivity contribution in [2.75, 3.05) is 13.1 Å². The standard InChI is InChI=1S/C18H19ClN4/c19-16-5-2-1-4-14(16)12-22-10-7-15(8-11-22)23-13-21-17-6-3-9-20-18(17)23/h1-6,9,13,15H,7-8,10-12H2. The molecule has 0 amide bonds. The molecule has 0 bridgehead atoms. The van der Waals surface area contributed by atoms with Crippen LogP contribution in [0.2, 0.25) is 5.02 Å². The van der Waals surface area contributed by atoms with Crippen LogP contribution in [0.4, 0.5) is 0 Å². The number of nitrogens with zero attached hydrogens (tertiary/aromatic N) is 4. The van der Waals surface area contributed by atoms with Gasteiger partial charge in [-0.3, -0.25) is 4.90 Å². The third-order valence-corrected chi connectivity index (χ3v) is 5.00. The van der Waals surface area contributed by atoms with Crippen LogP contribution in [0.25, 0.3) is 11.2 Å². The first kappa shape index (κ1) is 14.7. The monoisotopic (exact) mass is 326 g/mol. The molecule has 1 aliphatic rings. The molecular formula is C18H19ClN4. The Balaban J connectivity index is 1.44. The van der Waals surface area contributed by atoms with Crippen molar-refractivity contribution in [1.82, 2.24) is 19.4 Å². The van der Waals surface area contributed by atoms with E-state index in [2.05, 4.69) is 31.6 Å². The number of piperidine rings is 1. The minimum Gasteiger partial charge on any atom is -0.312 e. The van der Waals surface area contributed by atoms with Gasteiger partial charge in [-0.15, -0.1) is 0 Å². The normalized spacial score (nSPS) is 16.9. The fourth-order valence-electron chi connectivity index (χ4n) is 3.36. The smallest absolute Gasteiger partial charge is 0.160 e. The van der Waals surface area contributed by atoms with Crippen LogP contribution in [0, 0.1) is 0 Å². The van der Waals surface area contributed by atoms with Crippen LogP contribution in [0.3, 0.4) is 0 Å². The molecule has 0 unspecified atom stereocenters. The van der Waals surface area contributed by atoms with Crippen molar-refractivity contribution >= 4 is 22.8 Å². The van der Waals surface area contributed by atoms with Crippen molar-refractivity contribution in [1.29, 1.82) is 0 Å². The molecule has 1 aliphatic heterocycles. The molecule has 4 rings (SSSR count). The third-order valence-electron chi connectivity index (χ3n) is 4.63. The average Bonchev–Trinajstić information content (AvgIpc) is 3.02. The van der Waals surface area contributed by atoms with Gasteiger partial charge in [-0.2, -0.15) is 0 Å². The number of hydrogen-bond donors (Lipinski definition) is 0.